The fourth-order valence-electron chi connectivity index (χ4n) is 1.72. The second kappa shape index (κ2) is 7.03. The van der Waals surface area contributed by atoms with Gasteiger partial charge in [0.05, 0.1) is 12.2 Å². The van der Waals surface area contributed by atoms with Crippen LogP contribution in [0.4, 0.5) is 5.69 Å². The van der Waals surface area contributed by atoms with Crippen LogP contribution in [0.5, 0.6) is 11.5 Å². The summed E-state index contributed by atoms with van der Waals surface area (Å²) < 4.78 is 10.3. The van der Waals surface area contributed by atoms with Gasteiger partial charge in [0.1, 0.15) is 5.25 Å². The molecule has 1 aliphatic heterocycles. The molecular weight excluding hydrogens is 314 g/mol. The summed E-state index contributed by atoms with van der Waals surface area (Å²) in [5.74, 6) is -1.99. The minimum Gasteiger partial charge on any atom is -0.481 e. The molecule has 0 fully saturated rings. The molecule has 0 aromatic heterocycles. The van der Waals surface area contributed by atoms with Gasteiger partial charge >= 0.3 is 11.9 Å². The van der Waals surface area contributed by atoms with Crippen LogP contribution in [-0.4, -0.2) is 45.9 Å². The van der Waals surface area contributed by atoms with Crippen molar-refractivity contribution in [1.29, 1.82) is 0 Å². The Hall–Kier alpha value is -2.42. The van der Waals surface area contributed by atoms with E-state index in [-0.39, 0.29) is 12.5 Å². The van der Waals surface area contributed by atoms with Crippen LogP contribution >= 0.6 is 11.8 Å². The van der Waals surface area contributed by atoms with Crippen molar-refractivity contribution in [1.82, 2.24) is 0 Å². The highest BCUT2D eigenvalue weighted by Gasteiger charge is 2.22. The summed E-state index contributed by atoms with van der Waals surface area (Å²) >= 11 is 0.762. The van der Waals surface area contributed by atoms with Gasteiger partial charge < -0.3 is 25.0 Å². The number of nitrogens with one attached hydrogen (secondary N) is 1. The van der Waals surface area contributed by atoms with E-state index in [0.29, 0.717) is 17.2 Å². The lowest BCUT2D eigenvalue weighted by Crippen LogP contribution is -2.23. The number of carbonyl (C=O) groups is 3. The number of thioether (sulfide) groups is 1. The molecule has 1 unspecified atom stereocenters. The summed E-state index contributed by atoms with van der Waals surface area (Å²) in [5, 5.41) is 18.9. The zero-order chi connectivity index (χ0) is 16.1. The average molecular weight is 327 g/mol. The maximum absolute atomic E-state index is 11.8. The van der Waals surface area contributed by atoms with E-state index in [4.69, 9.17) is 19.7 Å². The van der Waals surface area contributed by atoms with Crippen LogP contribution in [0.3, 0.4) is 0 Å². The van der Waals surface area contributed by atoms with Gasteiger partial charge in [-0.2, -0.15) is 0 Å². The third-order valence-corrected chi connectivity index (χ3v) is 3.91. The molecule has 1 heterocycles. The third-order valence-electron chi connectivity index (χ3n) is 2.71. The Morgan fingerprint density at radius 3 is 2.64 bits per heavy atom. The summed E-state index contributed by atoms with van der Waals surface area (Å²) in [5.41, 5.74) is 0.486. The minimum absolute atomic E-state index is 0.123. The zero-order valence-electron chi connectivity index (χ0n) is 11.3. The van der Waals surface area contributed by atoms with Crippen molar-refractivity contribution < 1.29 is 34.1 Å². The molecular formula is C13H13NO7S. The van der Waals surface area contributed by atoms with E-state index in [1.165, 1.54) is 0 Å². The van der Waals surface area contributed by atoms with Gasteiger partial charge in [-0.25, -0.2) is 0 Å². The van der Waals surface area contributed by atoms with E-state index in [1.54, 1.807) is 18.2 Å². The van der Waals surface area contributed by atoms with Gasteiger partial charge in [-0.05, 0) is 12.1 Å². The van der Waals surface area contributed by atoms with E-state index < -0.39 is 29.5 Å². The van der Waals surface area contributed by atoms with Crippen molar-refractivity contribution in [3.8, 4) is 11.5 Å². The van der Waals surface area contributed by atoms with Crippen LogP contribution in [0.1, 0.15) is 6.42 Å². The number of fused-ring (bicyclic) bond motifs is 1. The maximum atomic E-state index is 11.8. The first kappa shape index (κ1) is 16.0. The number of amides is 1. The number of anilines is 1. The molecule has 0 saturated heterocycles. The number of aliphatic carboxylic acids is 2. The van der Waals surface area contributed by atoms with Crippen LogP contribution < -0.4 is 14.8 Å². The van der Waals surface area contributed by atoms with Crippen LogP contribution in [-0.2, 0) is 14.4 Å². The van der Waals surface area contributed by atoms with E-state index >= 15 is 0 Å². The molecule has 8 nitrogen and oxygen atoms in total. The summed E-state index contributed by atoms with van der Waals surface area (Å²) in [6, 6.07) is 4.87. The standard InChI is InChI=1S/C13H13NO7S/c15-11(5-22-10(13(18)19)4-12(16)17)14-7-1-2-8-9(3-7)21-6-20-8/h1-3,10H,4-6H2,(H,14,15)(H,16,17)(H,18,19). The summed E-state index contributed by atoms with van der Waals surface area (Å²) in [6.45, 7) is 0.123. The SMILES string of the molecule is O=C(O)CC(SCC(=O)Nc1ccc2c(c1)OCO2)C(=O)O. The molecule has 1 atom stereocenters. The molecule has 22 heavy (non-hydrogen) atoms. The third kappa shape index (κ3) is 4.29. The Balaban J connectivity index is 1.87. The van der Waals surface area contributed by atoms with Crippen LogP contribution in [0.15, 0.2) is 18.2 Å². The summed E-state index contributed by atoms with van der Waals surface area (Å²) in [4.78, 5) is 33.2. The van der Waals surface area contributed by atoms with Gasteiger partial charge in [0.15, 0.2) is 11.5 Å². The van der Waals surface area contributed by atoms with E-state index in [1.807, 2.05) is 0 Å². The van der Waals surface area contributed by atoms with Gasteiger partial charge in [0, 0.05) is 11.8 Å². The first-order valence-corrected chi connectivity index (χ1v) is 7.26. The van der Waals surface area contributed by atoms with Crippen molar-refractivity contribution in [2.24, 2.45) is 0 Å². The number of rotatable bonds is 7. The second-order valence-electron chi connectivity index (χ2n) is 4.35. The van der Waals surface area contributed by atoms with Gasteiger partial charge in [-0.3, -0.25) is 14.4 Å². The number of carboxylic acid groups (broad SMARTS) is 2. The highest BCUT2D eigenvalue weighted by Crippen LogP contribution is 2.34. The van der Waals surface area contributed by atoms with Crippen LogP contribution in [0.2, 0.25) is 0 Å². The Morgan fingerprint density at radius 1 is 1.23 bits per heavy atom. The number of hydrogen-bond acceptors (Lipinski definition) is 6. The Bertz CT molecular complexity index is 604. The fourth-order valence-corrected chi connectivity index (χ4v) is 2.55. The van der Waals surface area contributed by atoms with E-state index in [0.717, 1.165) is 11.8 Å². The number of hydrogen-bond donors (Lipinski definition) is 3. The molecule has 0 spiro atoms. The number of ether oxygens (including phenoxy) is 2. The molecule has 0 saturated carbocycles. The van der Waals surface area contributed by atoms with Crippen LogP contribution in [0.25, 0.3) is 0 Å². The first-order chi connectivity index (χ1) is 10.5. The number of carboxylic acids is 2. The fraction of sp³-hybridized carbons (Fsp3) is 0.308. The molecule has 0 radical (unpaired) electrons. The number of carbonyl (C=O) groups excluding carboxylic acids is 1. The lowest BCUT2D eigenvalue weighted by molar-refractivity contribution is -0.142. The molecule has 3 N–H and O–H groups in total. The van der Waals surface area contributed by atoms with Gasteiger partial charge in [0.2, 0.25) is 12.7 Å². The molecule has 2 rings (SSSR count). The largest absolute Gasteiger partial charge is 0.481 e. The Morgan fingerprint density at radius 2 is 1.95 bits per heavy atom. The van der Waals surface area contributed by atoms with Gasteiger partial charge in [-0.1, -0.05) is 0 Å². The maximum Gasteiger partial charge on any atom is 0.317 e. The van der Waals surface area contributed by atoms with E-state index in [9.17, 15) is 14.4 Å². The quantitative estimate of drug-likeness (QED) is 0.678. The predicted octanol–water partition coefficient (Wildman–Crippen LogP) is 1.01. The van der Waals surface area contributed by atoms with Gasteiger partial charge in [0.25, 0.3) is 0 Å². The lowest BCUT2D eigenvalue weighted by Gasteiger charge is -2.10. The predicted molar refractivity (Wildman–Crippen MR) is 77.3 cm³/mol. The van der Waals surface area contributed by atoms with Crippen molar-refractivity contribution in [2.75, 3.05) is 17.9 Å². The zero-order valence-corrected chi connectivity index (χ0v) is 12.1. The highest BCUT2D eigenvalue weighted by atomic mass is 32.2. The lowest BCUT2D eigenvalue weighted by atomic mass is 10.3. The first-order valence-electron chi connectivity index (χ1n) is 6.21. The van der Waals surface area contributed by atoms with Crippen molar-refractivity contribution in [3.05, 3.63) is 18.2 Å². The summed E-state index contributed by atoms with van der Waals surface area (Å²) in [7, 11) is 0. The monoisotopic (exact) mass is 327 g/mol. The summed E-state index contributed by atoms with van der Waals surface area (Å²) in [6.07, 6.45) is -0.544. The average Bonchev–Trinajstić information content (AvgIpc) is 2.90. The number of benzene rings is 1. The van der Waals surface area contributed by atoms with Crippen LogP contribution in [0, 0.1) is 0 Å². The van der Waals surface area contributed by atoms with Crippen molar-refractivity contribution in [2.45, 2.75) is 11.7 Å². The van der Waals surface area contributed by atoms with Crippen molar-refractivity contribution >= 4 is 35.3 Å². The highest BCUT2D eigenvalue weighted by molar-refractivity contribution is 8.01. The topological polar surface area (TPSA) is 122 Å². The molecule has 1 aliphatic rings. The Labute approximate surface area is 129 Å². The minimum atomic E-state index is -1.26. The smallest absolute Gasteiger partial charge is 0.317 e. The second-order valence-corrected chi connectivity index (χ2v) is 5.54. The molecule has 1 aromatic carbocycles. The molecule has 1 aromatic rings. The Kier molecular flexibility index (Phi) is 5.10. The molecule has 1 amide bonds. The molecule has 0 bridgehead atoms. The molecule has 9 heteroatoms. The normalized spacial score (nSPS) is 13.5. The van der Waals surface area contributed by atoms with Gasteiger partial charge in [-0.15, -0.1) is 11.8 Å². The van der Waals surface area contributed by atoms with E-state index in [2.05, 4.69) is 5.32 Å². The molecule has 0 aliphatic carbocycles. The molecule has 118 valence electrons. The van der Waals surface area contributed by atoms with Crippen molar-refractivity contribution in [3.63, 3.8) is 0 Å².